The van der Waals surface area contributed by atoms with Gasteiger partial charge in [0.25, 0.3) is 0 Å². The van der Waals surface area contributed by atoms with Crippen LogP contribution in [0.15, 0.2) is 18.6 Å². The number of aromatic nitrogens is 2. The zero-order valence-electron chi connectivity index (χ0n) is 13.1. The van der Waals surface area contributed by atoms with Gasteiger partial charge in [-0.3, -0.25) is 9.78 Å². The fourth-order valence-corrected chi connectivity index (χ4v) is 2.26. The Labute approximate surface area is 152 Å². The lowest BCUT2D eigenvalue weighted by molar-refractivity contribution is 0.112. The predicted octanol–water partition coefficient (Wildman–Crippen LogP) is 3.89. The number of hydrogen-bond donors (Lipinski definition) is 0. The van der Waals surface area contributed by atoms with Crippen molar-refractivity contribution in [3.63, 3.8) is 0 Å². The van der Waals surface area contributed by atoms with Gasteiger partial charge in [-0.25, -0.2) is 4.98 Å². The number of ether oxygens (including phenoxy) is 2. The van der Waals surface area contributed by atoms with Gasteiger partial charge in [-0.05, 0) is 20.1 Å². The fraction of sp³-hybridized carbons (Fsp3) is 0.312. The molecule has 0 spiro atoms. The molecule has 2 heterocycles. The largest absolute Gasteiger partial charge is 0.474 e. The highest BCUT2D eigenvalue weighted by molar-refractivity contribution is 14.2. The van der Waals surface area contributed by atoms with Crippen LogP contribution in [0.4, 0.5) is 0 Å². The van der Waals surface area contributed by atoms with Crippen LogP contribution in [0.25, 0.3) is 10.8 Å². The number of rotatable bonds is 5. The van der Waals surface area contributed by atoms with Crippen molar-refractivity contribution < 1.29 is 14.3 Å². The van der Waals surface area contributed by atoms with Crippen molar-refractivity contribution in [2.45, 2.75) is 13.8 Å². The maximum Gasteiger partial charge on any atom is 0.230 e. The summed E-state index contributed by atoms with van der Waals surface area (Å²) in [7, 11) is 2.95. The Hall–Kier alpha value is -1.37. The maximum absolute atomic E-state index is 11.2. The van der Waals surface area contributed by atoms with Crippen LogP contribution in [0.5, 0.6) is 5.88 Å². The number of halogens is 1. The molecule has 5 nitrogen and oxygen atoms in total. The van der Waals surface area contributed by atoms with E-state index >= 15 is 0 Å². The van der Waals surface area contributed by atoms with E-state index in [4.69, 9.17) is 9.47 Å². The topological polar surface area (TPSA) is 61.3 Å². The molecule has 2 rings (SSSR count). The zero-order chi connectivity index (χ0) is 17.1. The van der Waals surface area contributed by atoms with Gasteiger partial charge < -0.3 is 9.47 Å². The molecule has 0 aliphatic carbocycles. The van der Waals surface area contributed by atoms with Crippen molar-refractivity contribution in [1.29, 1.82) is 0 Å². The second-order valence-corrected chi connectivity index (χ2v) is 5.57. The van der Waals surface area contributed by atoms with Crippen LogP contribution in [0.1, 0.15) is 29.8 Å². The van der Waals surface area contributed by atoms with Crippen molar-refractivity contribution in [3.05, 3.63) is 29.7 Å². The lowest BCUT2D eigenvalue weighted by atomic mass is 10.1. The van der Waals surface area contributed by atoms with E-state index in [1.807, 2.05) is 13.8 Å². The number of methoxy groups -OCH3 is 1. The van der Waals surface area contributed by atoms with Crippen LogP contribution in [0.3, 0.4) is 0 Å². The van der Waals surface area contributed by atoms with E-state index in [1.54, 1.807) is 19.5 Å². The predicted molar refractivity (Wildman–Crippen MR) is 102 cm³/mol. The molecule has 0 unspecified atom stereocenters. The van der Waals surface area contributed by atoms with Gasteiger partial charge in [-0.1, -0.05) is 13.8 Å². The van der Waals surface area contributed by atoms with Crippen molar-refractivity contribution in [2.24, 2.45) is 0 Å². The Balaban J connectivity index is 0.00000127. The second-order valence-electron chi connectivity index (χ2n) is 3.89. The van der Waals surface area contributed by atoms with Crippen LogP contribution in [-0.2, 0) is 4.74 Å². The standard InChI is InChI=1S/C14H11IN2O3S.C2H6/c1-19-3-4-20-14-12(2-5-21-15)13-10(8-17-14)6-16-7-11(13)9-18;1-2/h6-9H,3-4H2,1H3;1-2H3. The smallest absolute Gasteiger partial charge is 0.230 e. The van der Waals surface area contributed by atoms with E-state index in [1.165, 1.54) is 15.1 Å². The lowest BCUT2D eigenvalue weighted by Crippen LogP contribution is -2.07. The van der Waals surface area contributed by atoms with E-state index in [9.17, 15) is 4.79 Å². The van der Waals surface area contributed by atoms with E-state index in [2.05, 4.69) is 42.3 Å². The highest BCUT2D eigenvalue weighted by Crippen LogP contribution is 2.27. The zero-order valence-corrected chi connectivity index (χ0v) is 16.1. The van der Waals surface area contributed by atoms with Crippen LogP contribution in [0, 0.1) is 11.2 Å². The second kappa shape index (κ2) is 11.2. The molecule has 0 fully saturated rings. The third-order valence-electron chi connectivity index (χ3n) is 2.66. The summed E-state index contributed by atoms with van der Waals surface area (Å²) in [6.45, 7) is 4.81. The highest BCUT2D eigenvalue weighted by atomic mass is 127. The summed E-state index contributed by atoms with van der Waals surface area (Å²) in [4.78, 5) is 19.5. The molecular formula is C16H17IN2O3S. The molecule has 0 aliphatic rings. The first-order chi connectivity index (χ1) is 11.3. The Bertz CT molecular complexity index is 714. The van der Waals surface area contributed by atoms with Crippen molar-refractivity contribution >= 4 is 47.2 Å². The minimum Gasteiger partial charge on any atom is -0.474 e. The summed E-state index contributed by atoms with van der Waals surface area (Å²) in [6, 6.07) is 0. The molecule has 0 radical (unpaired) electrons. The molecule has 0 saturated carbocycles. The molecule has 0 atom stereocenters. The number of fused-ring (bicyclic) bond motifs is 1. The van der Waals surface area contributed by atoms with E-state index in [0.29, 0.717) is 35.6 Å². The third kappa shape index (κ3) is 5.34. The summed E-state index contributed by atoms with van der Waals surface area (Å²) in [5.74, 6) is 3.39. The van der Waals surface area contributed by atoms with Crippen molar-refractivity contribution in [2.75, 3.05) is 20.3 Å². The minimum atomic E-state index is 0.364. The first-order valence-corrected chi connectivity index (χ1v) is 10.3. The van der Waals surface area contributed by atoms with Crippen molar-refractivity contribution in [1.82, 2.24) is 9.97 Å². The van der Waals surface area contributed by atoms with Gasteiger partial charge >= 0.3 is 0 Å². The summed E-state index contributed by atoms with van der Waals surface area (Å²) in [5.41, 5.74) is 1.06. The molecule has 7 heteroatoms. The van der Waals surface area contributed by atoms with Gasteiger partial charge in [0.1, 0.15) is 6.61 Å². The summed E-state index contributed by atoms with van der Waals surface area (Å²) >= 11 is 2.08. The van der Waals surface area contributed by atoms with Crippen LogP contribution in [0.2, 0.25) is 0 Å². The average molecular weight is 444 g/mol. The number of hydrogen-bond acceptors (Lipinski definition) is 6. The Morgan fingerprint density at radius 1 is 1.30 bits per heavy atom. The number of aldehydes is 1. The molecule has 2 aromatic heterocycles. The molecule has 0 bridgehead atoms. The van der Waals surface area contributed by atoms with Crippen LogP contribution < -0.4 is 4.74 Å². The SMILES string of the molecule is CC.COCCOc1ncc2cncc(C=O)c2c1C#CSI. The average Bonchev–Trinajstić information content (AvgIpc) is 2.61. The number of carbonyl (C=O) groups excluding carboxylic acids is 1. The number of pyridine rings is 2. The van der Waals surface area contributed by atoms with E-state index in [-0.39, 0.29) is 0 Å². The normalized spacial score (nSPS) is 9.39. The van der Waals surface area contributed by atoms with Gasteiger partial charge in [-0.2, -0.15) is 0 Å². The molecule has 23 heavy (non-hydrogen) atoms. The number of nitrogens with zero attached hydrogens (tertiary/aromatic N) is 2. The summed E-state index contributed by atoms with van der Waals surface area (Å²) < 4.78 is 10.6. The molecule has 0 N–H and O–H groups in total. The number of carbonyl (C=O) groups is 1. The van der Waals surface area contributed by atoms with Gasteiger partial charge in [0.15, 0.2) is 6.29 Å². The third-order valence-corrected chi connectivity index (χ3v) is 3.50. The molecule has 0 aliphatic heterocycles. The quantitative estimate of drug-likeness (QED) is 0.302. The minimum absolute atomic E-state index is 0.364. The van der Waals surface area contributed by atoms with Crippen LogP contribution >= 0.6 is 30.1 Å². The fourth-order valence-electron chi connectivity index (χ4n) is 1.79. The molecule has 122 valence electrons. The van der Waals surface area contributed by atoms with E-state index < -0.39 is 0 Å². The van der Waals surface area contributed by atoms with Gasteiger partial charge in [0.05, 0.1) is 12.2 Å². The van der Waals surface area contributed by atoms with Crippen LogP contribution in [-0.4, -0.2) is 36.6 Å². The lowest BCUT2D eigenvalue weighted by Gasteiger charge is -2.10. The molecule has 2 aromatic rings. The first-order valence-electron chi connectivity index (χ1n) is 6.94. The van der Waals surface area contributed by atoms with Gasteiger partial charge in [0, 0.05) is 63.2 Å². The Kier molecular flexibility index (Phi) is 9.59. The summed E-state index contributed by atoms with van der Waals surface area (Å²) in [6.07, 6.45) is 5.55. The maximum atomic E-state index is 11.2. The summed E-state index contributed by atoms with van der Waals surface area (Å²) in [5, 5.41) is 4.36. The van der Waals surface area contributed by atoms with Gasteiger partial charge in [0.2, 0.25) is 5.88 Å². The highest BCUT2D eigenvalue weighted by Gasteiger charge is 2.12. The molecule has 0 amide bonds. The molecule has 0 aromatic carbocycles. The Morgan fingerprint density at radius 3 is 2.74 bits per heavy atom. The van der Waals surface area contributed by atoms with E-state index in [0.717, 1.165) is 11.7 Å². The first kappa shape index (κ1) is 19.7. The van der Waals surface area contributed by atoms with Crippen molar-refractivity contribution in [3.8, 4) is 17.1 Å². The van der Waals surface area contributed by atoms with Gasteiger partial charge in [-0.15, -0.1) is 0 Å². The Morgan fingerprint density at radius 2 is 2.09 bits per heavy atom. The molecule has 0 saturated heterocycles. The monoisotopic (exact) mass is 444 g/mol. The molecular weight excluding hydrogens is 427 g/mol.